The van der Waals surface area contributed by atoms with E-state index in [4.69, 9.17) is 15.3 Å². The minimum absolute atomic E-state index is 0. The molecule has 2 atom stereocenters. The molecule has 2 aliphatic carbocycles. The van der Waals surface area contributed by atoms with Crippen LogP contribution in [0.3, 0.4) is 0 Å². The van der Waals surface area contributed by atoms with Crippen molar-refractivity contribution < 1.29 is 14.4 Å². The van der Waals surface area contributed by atoms with E-state index in [1.165, 1.54) is 109 Å². The Morgan fingerprint density at radius 2 is 1.31 bits per heavy atom. The minimum Gasteiger partial charge on any atom is -0.377 e. The summed E-state index contributed by atoms with van der Waals surface area (Å²) in [5.41, 5.74) is 9.66. The fraction of sp³-hybridized carbons (Fsp3) is 0.561. The number of hydrogen-bond acceptors (Lipinski definition) is 10. The Balaban J connectivity index is 0.000000143. The summed E-state index contributed by atoms with van der Waals surface area (Å²) in [5.74, 6) is 2.61. The van der Waals surface area contributed by atoms with Crippen LogP contribution >= 0.6 is 35.1 Å². The molecule has 11 heteroatoms. The maximum Gasteiger partial charge on any atom is 0.373 e. The third-order valence-electron chi connectivity index (χ3n) is 12.9. The van der Waals surface area contributed by atoms with Gasteiger partial charge in [-0.15, -0.1) is 35.1 Å². The molecule has 4 aromatic rings. The van der Waals surface area contributed by atoms with Gasteiger partial charge in [-0.05, 0) is 136 Å². The van der Waals surface area contributed by atoms with Gasteiger partial charge in [-0.2, -0.15) is 9.59 Å². The van der Waals surface area contributed by atoms with Crippen molar-refractivity contribution >= 4 is 78.6 Å². The number of halogens is 1. The molecule has 0 unspecified atom stereocenters. The molecular formula is C41H54ClN5O3S2. The van der Waals surface area contributed by atoms with Crippen molar-refractivity contribution in [3.63, 3.8) is 0 Å². The molecular weight excluding hydrogens is 710 g/mol. The number of carbonyl (C=O) groups excluding carboxylic acids is 3. The number of rotatable bonds is 5. The zero-order valence-electron chi connectivity index (χ0n) is 31.0. The molecule has 52 heavy (non-hydrogen) atoms. The smallest absolute Gasteiger partial charge is 0.373 e. The van der Waals surface area contributed by atoms with Crippen molar-refractivity contribution in [2.75, 3.05) is 64.2 Å². The summed E-state index contributed by atoms with van der Waals surface area (Å²) in [7, 11) is 8.29. The van der Waals surface area contributed by atoms with Crippen LogP contribution in [-0.4, -0.2) is 93.2 Å². The van der Waals surface area contributed by atoms with Crippen LogP contribution < -0.4 is 15.5 Å². The fourth-order valence-electron chi connectivity index (χ4n) is 9.89. The summed E-state index contributed by atoms with van der Waals surface area (Å²) in [6, 6.07) is 17.6. The average Bonchev–Trinajstić information content (AvgIpc) is 4.00. The Morgan fingerprint density at radius 3 is 1.83 bits per heavy atom. The lowest BCUT2D eigenvalue weighted by molar-refractivity contribution is -0.191. The maximum atomic E-state index is 13.1. The molecule has 4 bridgehead atoms. The number of carbonyl (C=O) groups is 1. The number of hydrogen-bond donors (Lipinski definition) is 1. The summed E-state index contributed by atoms with van der Waals surface area (Å²) in [4.78, 5) is 40.0. The van der Waals surface area contributed by atoms with Gasteiger partial charge in [-0.3, -0.25) is 14.6 Å². The highest BCUT2D eigenvalue weighted by Gasteiger charge is 2.60. The van der Waals surface area contributed by atoms with E-state index in [0.717, 1.165) is 23.1 Å². The molecule has 6 saturated heterocycles. The van der Waals surface area contributed by atoms with E-state index < -0.39 is 0 Å². The summed E-state index contributed by atoms with van der Waals surface area (Å²) in [5, 5.41) is 4.68. The first-order valence-corrected chi connectivity index (χ1v) is 20.4. The Labute approximate surface area is 322 Å². The molecule has 2 spiro atoms. The quantitative estimate of drug-likeness (QED) is 0.206. The molecule has 8 nitrogen and oxygen atoms in total. The van der Waals surface area contributed by atoms with Crippen molar-refractivity contribution in [2.45, 2.75) is 74.9 Å². The van der Waals surface area contributed by atoms with Crippen LogP contribution in [0.4, 0.5) is 11.4 Å². The van der Waals surface area contributed by atoms with Crippen molar-refractivity contribution in [2.24, 2.45) is 23.5 Å². The van der Waals surface area contributed by atoms with Gasteiger partial charge < -0.3 is 15.5 Å². The summed E-state index contributed by atoms with van der Waals surface area (Å²) >= 11 is 3.49. The Morgan fingerprint density at radius 1 is 0.788 bits per heavy atom. The van der Waals surface area contributed by atoms with E-state index in [0.29, 0.717) is 28.8 Å². The highest BCUT2D eigenvalue weighted by atomic mass is 35.5. The number of benzene rings is 2. The second kappa shape index (κ2) is 15.9. The fourth-order valence-corrected chi connectivity index (χ4v) is 12.1. The molecule has 0 radical (unpaired) electrons. The maximum absolute atomic E-state index is 13.1. The number of thiophene rings is 2. The number of nitrogens with two attached hydrogens (primary N) is 1. The minimum atomic E-state index is 0. The Kier molecular flexibility index (Phi) is 11.9. The number of anilines is 2. The zero-order valence-corrected chi connectivity index (χ0v) is 33.5. The van der Waals surface area contributed by atoms with Gasteiger partial charge in [0, 0.05) is 51.7 Å². The second-order valence-corrected chi connectivity index (χ2v) is 17.9. The third-order valence-corrected chi connectivity index (χ3v) is 15.0. The Hall–Kier alpha value is -2.82. The number of piperidine rings is 6. The van der Waals surface area contributed by atoms with Crippen LogP contribution in [0.15, 0.2) is 53.9 Å². The monoisotopic (exact) mass is 763 g/mol. The molecule has 2 aromatic carbocycles. The van der Waals surface area contributed by atoms with Crippen molar-refractivity contribution in [1.82, 2.24) is 9.80 Å². The van der Waals surface area contributed by atoms with Crippen LogP contribution in [-0.2, 0) is 9.59 Å². The summed E-state index contributed by atoms with van der Waals surface area (Å²) in [6.07, 6.45) is 11.7. The van der Waals surface area contributed by atoms with E-state index >= 15 is 0 Å². The van der Waals surface area contributed by atoms with Gasteiger partial charge in [0.2, 0.25) is 0 Å². The number of ketones is 1. The standard InChI is InChI=1S/C21H26N2OS.C10H11NS.C9H16N2.CO2.ClH/c1-22(2)17-5-3-4-15-12-19(25-20(15)17)18(24)13-16-14-6-10-23(11-7-14)21(16)8-9-21;1-11(2)9-5-3-4-8-6-7-12-10(8)9;10-8-7-1-5-11(6-2-7)9(8)3-4-9;2-1-3;/h3-5,12,14,16H,6-11,13H2,1-2H3;3-7H,1-2H3;7-8H,1-6,10H2;;1H/t16-;;8-;;/m1.1../s1. The summed E-state index contributed by atoms with van der Waals surface area (Å²) in [6.45, 7) is 5.20. The van der Waals surface area contributed by atoms with Crippen molar-refractivity contribution in [1.29, 1.82) is 0 Å². The lowest BCUT2D eigenvalue weighted by Crippen LogP contribution is -2.63. The molecule has 2 saturated carbocycles. The SMILES string of the molecule is CN(C)c1cccc2cc(C(=O)C[C@@H]3C4CCN(CC4)C34CC4)sc12.CN(C)c1cccc2ccsc12.Cl.N[C@@H]1C2CCN(CC2)C12CC2.O=C=O. The predicted octanol–water partition coefficient (Wildman–Crippen LogP) is 7.79. The topological polar surface area (TPSA) is 90.2 Å². The Bertz CT molecular complexity index is 1870. The van der Waals surface area contributed by atoms with Crippen molar-refractivity contribution in [3.8, 4) is 0 Å². The first-order valence-electron chi connectivity index (χ1n) is 18.7. The number of fused-ring (bicyclic) bond motifs is 6. The summed E-state index contributed by atoms with van der Waals surface area (Å²) < 4.78 is 2.62. The van der Waals surface area contributed by atoms with Crippen LogP contribution in [0.25, 0.3) is 20.2 Å². The van der Waals surface area contributed by atoms with Crippen LogP contribution in [0, 0.1) is 17.8 Å². The number of Topliss-reactive ketones (excluding diaryl/α,β-unsaturated/α-hetero) is 1. The van der Waals surface area contributed by atoms with Gasteiger partial charge in [0.25, 0.3) is 0 Å². The van der Waals surface area contributed by atoms with E-state index in [1.54, 1.807) is 22.7 Å². The molecule has 280 valence electrons. The van der Waals surface area contributed by atoms with E-state index in [9.17, 15) is 4.79 Å². The predicted molar refractivity (Wildman–Crippen MR) is 217 cm³/mol. The second-order valence-electron chi connectivity index (χ2n) is 15.9. The van der Waals surface area contributed by atoms with Gasteiger partial charge >= 0.3 is 6.15 Å². The third kappa shape index (κ3) is 7.33. The van der Waals surface area contributed by atoms with Gasteiger partial charge in [0.15, 0.2) is 5.78 Å². The normalized spacial score (nSPS) is 27.6. The first kappa shape index (κ1) is 38.9. The van der Waals surface area contributed by atoms with E-state index in [-0.39, 0.29) is 18.6 Å². The molecule has 8 aliphatic rings. The molecule has 2 aromatic heterocycles. The molecule has 8 heterocycles. The van der Waals surface area contributed by atoms with Gasteiger partial charge in [-0.25, -0.2) is 0 Å². The van der Waals surface area contributed by atoms with Gasteiger partial charge in [0.05, 0.1) is 25.7 Å². The average molecular weight is 765 g/mol. The molecule has 6 aliphatic heterocycles. The van der Waals surface area contributed by atoms with Crippen molar-refractivity contribution in [3.05, 3.63) is 58.8 Å². The lowest BCUT2D eigenvalue weighted by atomic mass is 9.70. The highest BCUT2D eigenvalue weighted by molar-refractivity contribution is 7.21. The molecule has 12 rings (SSSR count). The van der Waals surface area contributed by atoms with Gasteiger partial charge in [-0.1, -0.05) is 24.3 Å². The molecule has 2 N–H and O–H groups in total. The van der Waals surface area contributed by atoms with E-state index in [2.05, 4.69) is 102 Å². The highest BCUT2D eigenvalue weighted by Crippen LogP contribution is 2.59. The van der Waals surface area contributed by atoms with Gasteiger partial charge in [0.1, 0.15) is 0 Å². The molecule has 8 fully saturated rings. The lowest BCUT2D eigenvalue weighted by Gasteiger charge is -2.52. The van der Waals surface area contributed by atoms with E-state index in [1.807, 2.05) is 0 Å². The largest absolute Gasteiger partial charge is 0.377 e. The van der Waals surface area contributed by atoms with Crippen LogP contribution in [0.1, 0.15) is 67.5 Å². The zero-order chi connectivity index (χ0) is 35.9. The number of nitrogens with zero attached hydrogens (tertiary/aromatic N) is 4. The molecule has 0 amide bonds. The first-order chi connectivity index (χ1) is 24.6. The van der Waals surface area contributed by atoms with Crippen LogP contribution in [0.2, 0.25) is 0 Å². The van der Waals surface area contributed by atoms with Crippen LogP contribution in [0.5, 0.6) is 0 Å².